The Morgan fingerprint density at radius 1 is 1.12 bits per heavy atom. The molecule has 0 atom stereocenters. The Kier molecular flexibility index (Phi) is 5.30. The van der Waals surface area contributed by atoms with E-state index in [9.17, 15) is 9.59 Å². The second-order valence-electron chi connectivity index (χ2n) is 5.89. The molecule has 1 aliphatic heterocycles. The van der Waals surface area contributed by atoms with Gasteiger partial charge in [-0.15, -0.1) is 23.1 Å². The van der Waals surface area contributed by atoms with Crippen LogP contribution in [-0.2, 0) is 16.1 Å². The number of benzene rings is 1. The summed E-state index contributed by atoms with van der Waals surface area (Å²) in [5, 5.41) is 2.15. The number of methoxy groups -OCH3 is 1. The Morgan fingerprint density at radius 2 is 1.84 bits per heavy atom. The zero-order valence-electron chi connectivity index (χ0n) is 14.3. The van der Waals surface area contributed by atoms with E-state index in [1.54, 1.807) is 7.11 Å². The van der Waals surface area contributed by atoms with Crippen LogP contribution in [0.2, 0.25) is 0 Å². The smallest absolute Gasteiger partial charge is 0.268 e. The Morgan fingerprint density at radius 3 is 2.40 bits per heavy atom. The van der Waals surface area contributed by atoms with Gasteiger partial charge in [-0.1, -0.05) is 32.0 Å². The van der Waals surface area contributed by atoms with Crippen LogP contribution in [0.25, 0.3) is 5.57 Å². The number of ether oxygens (including phenoxy) is 1. The van der Waals surface area contributed by atoms with Crippen molar-refractivity contribution in [2.24, 2.45) is 0 Å². The van der Waals surface area contributed by atoms with Crippen LogP contribution >= 0.6 is 23.1 Å². The van der Waals surface area contributed by atoms with Gasteiger partial charge in [0, 0.05) is 10.1 Å². The number of nitrogens with zero attached hydrogens (tertiary/aromatic N) is 1. The number of hydrogen-bond donors (Lipinski definition) is 0. The first kappa shape index (κ1) is 17.8. The molecule has 0 bridgehead atoms. The molecular formula is C19H19NO3S2. The van der Waals surface area contributed by atoms with E-state index >= 15 is 0 Å². The van der Waals surface area contributed by atoms with Crippen LogP contribution in [0.5, 0.6) is 5.75 Å². The summed E-state index contributed by atoms with van der Waals surface area (Å²) in [6.45, 7) is 4.31. The molecule has 1 aromatic carbocycles. The van der Waals surface area contributed by atoms with Crippen LogP contribution in [0.3, 0.4) is 0 Å². The first-order valence-corrected chi connectivity index (χ1v) is 9.71. The fourth-order valence-corrected chi connectivity index (χ4v) is 4.42. The summed E-state index contributed by atoms with van der Waals surface area (Å²) in [6, 6.07) is 11.2. The molecule has 0 radical (unpaired) electrons. The molecule has 1 aliphatic rings. The predicted molar refractivity (Wildman–Crippen MR) is 103 cm³/mol. The molecule has 0 unspecified atom stereocenters. The summed E-state index contributed by atoms with van der Waals surface area (Å²) >= 11 is 2.94. The maximum Gasteiger partial charge on any atom is 0.268 e. The van der Waals surface area contributed by atoms with Crippen LogP contribution in [0.15, 0.2) is 46.7 Å². The van der Waals surface area contributed by atoms with Crippen molar-refractivity contribution >= 4 is 40.5 Å². The van der Waals surface area contributed by atoms with E-state index in [0.29, 0.717) is 10.5 Å². The van der Waals surface area contributed by atoms with Crippen molar-refractivity contribution in [3.63, 3.8) is 0 Å². The van der Waals surface area contributed by atoms with E-state index in [-0.39, 0.29) is 23.6 Å². The highest BCUT2D eigenvalue weighted by Gasteiger charge is 2.39. The van der Waals surface area contributed by atoms with Gasteiger partial charge < -0.3 is 4.74 Å². The summed E-state index contributed by atoms with van der Waals surface area (Å²) in [4.78, 5) is 28.6. The van der Waals surface area contributed by atoms with Crippen molar-refractivity contribution in [1.29, 1.82) is 0 Å². The second-order valence-corrected chi connectivity index (χ2v) is 8.43. The van der Waals surface area contributed by atoms with Gasteiger partial charge >= 0.3 is 0 Å². The average molecular weight is 373 g/mol. The molecule has 1 aromatic heterocycles. The van der Waals surface area contributed by atoms with Crippen molar-refractivity contribution < 1.29 is 14.3 Å². The van der Waals surface area contributed by atoms with Gasteiger partial charge in [-0.25, -0.2) is 0 Å². The Labute approximate surface area is 155 Å². The molecule has 2 amide bonds. The molecule has 2 aromatic rings. The van der Waals surface area contributed by atoms with Crippen molar-refractivity contribution in [1.82, 2.24) is 4.90 Å². The highest BCUT2D eigenvalue weighted by molar-refractivity contribution is 8.04. The number of hydrogen-bond acceptors (Lipinski definition) is 5. The fraction of sp³-hybridized carbons (Fsp3) is 0.263. The first-order chi connectivity index (χ1) is 12.0. The van der Waals surface area contributed by atoms with E-state index in [1.165, 1.54) is 28.0 Å². The molecule has 3 rings (SSSR count). The van der Waals surface area contributed by atoms with Crippen molar-refractivity contribution in [2.45, 2.75) is 25.6 Å². The molecule has 130 valence electrons. The van der Waals surface area contributed by atoms with Crippen molar-refractivity contribution in [2.75, 3.05) is 7.11 Å². The molecule has 0 N–H and O–H groups in total. The Bertz CT molecular complexity index is 808. The molecular weight excluding hydrogens is 354 g/mol. The largest absolute Gasteiger partial charge is 0.497 e. The average Bonchev–Trinajstić information content (AvgIpc) is 3.19. The first-order valence-electron chi connectivity index (χ1n) is 7.95. The third-order valence-electron chi connectivity index (χ3n) is 3.75. The summed E-state index contributed by atoms with van der Waals surface area (Å²) in [5.74, 6) is 0.325. The molecule has 0 fully saturated rings. The van der Waals surface area contributed by atoms with Crippen LogP contribution in [0, 0.1) is 0 Å². The number of rotatable bonds is 6. The van der Waals surface area contributed by atoms with Gasteiger partial charge in [0.15, 0.2) is 0 Å². The van der Waals surface area contributed by atoms with Gasteiger partial charge in [0.05, 0.1) is 24.1 Å². The van der Waals surface area contributed by atoms with E-state index in [4.69, 9.17) is 4.74 Å². The molecule has 0 aliphatic carbocycles. The lowest BCUT2D eigenvalue weighted by Crippen LogP contribution is -2.30. The summed E-state index contributed by atoms with van der Waals surface area (Å²) in [5.41, 5.74) is 1.43. The fourth-order valence-electron chi connectivity index (χ4n) is 2.59. The molecule has 0 saturated heterocycles. The summed E-state index contributed by atoms with van der Waals surface area (Å²) in [7, 11) is 1.61. The second kappa shape index (κ2) is 7.45. The number of thioether (sulfide) groups is 1. The Hall–Kier alpha value is -2.05. The molecule has 4 nitrogen and oxygen atoms in total. The standard InChI is InChI=1S/C19H19NO3S2/c1-12(2)25-17-16(15-5-4-10-24-15)18(21)20(19(17)22)11-13-6-8-14(23-3)9-7-13/h4-10,12H,11H2,1-3H3. The highest BCUT2D eigenvalue weighted by atomic mass is 32.2. The van der Waals surface area contributed by atoms with Crippen LogP contribution in [0.1, 0.15) is 24.3 Å². The van der Waals surface area contributed by atoms with Gasteiger partial charge in [-0.2, -0.15) is 0 Å². The van der Waals surface area contributed by atoms with Crippen LogP contribution in [-0.4, -0.2) is 29.1 Å². The number of carbonyl (C=O) groups is 2. The van der Waals surface area contributed by atoms with E-state index in [0.717, 1.165) is 16.2 Å². The lowest BCUT2D eigenvalue weighted by Gasteiger charge is -2.15. The monoisotopic (exact) mass is 373 g/mol. The van der Waals surface area contributed by atoms with Gasteiger partial charge in [0.1, 0.15) is 5.75 Å². The lowest BCUT2D eigenvalue weighted by atomic mass is 10.2. The van der Waals surface area contributed by atoms with Gasteiger partial charge in [0.2, 0.25) is 0 Å². The molecule has 25 heavy (non-hydrogen) atoms. The highest BCUT2D eigenvalue weighted by Crippen LogP contribution is 2.39. The van der Waals surface area contributed by atoms with Crippen molar-refractivity contribution in [3.05, 3.63) is 57.1 Å². The lowest BCUT2D eigenvalue weighted by molar-refractivity contribution is -0.137. The van der Waals surface area contributed by atoms with E-state index in [2.05, 4.69) is 0 Å². The molecule has 0 saturated carbocycles. The van der Waals surface area contributed by atoms with Crippen LogP contribution in [0.4, 0.5) is 0 Å². The number of imide groups is 1. The third kappa shape index (κ3) is 3.65. The quantitative estimate of drug-likeness (QED) is 0.713. The zero-order valence-corrected chi connectivity index (χ0v) is 15.9. The number of amides is 2. The van der Waals surface area contributed by atoms with Gasteiger partial charge in [-0.3, -0.25) is 14.5 Å². The van der Waals surface area contributed by atoms with Crippen LogP contribution < -0.4 is 4.74 Å². The zero-order chi connectivity index (χ0) is 18.0. The summed E-state index contributed by atoms with van der Waals surface area (Å²) < 4.78 is 5.15. The number of carbonyl (C=O) groups excluding carboxylic acids is 2. The SMILES string of the molecule is COc1ccc(CN2C(=O)C(SC(C)C)=C(c3cccs3)C2=O)cc1. The Balaban J connectivity index is 1.90. The normalized spacial score (nSPS) is 14.8. The maximum atomic E-state index is 12.9. The minimum Gasteiger partial charge on any atom is -0.497 e. The molecule has 0 spiro atoms. The third-order valence-corrected chi connectivity index (χ3v) is 5.72. The topological polar surface area (TPSA) is 46.6 Å². The minimum atomic E-state index is -0.216. The number of thiophene rings is 1. The van der Waals surface area contributed by atoms with Gasteiger partial charge in [-0.05, 0) is 29.1 Å². The molecule has 2 heterocycles. The molecule has 6 heteroatoms. The van der Waals surface area contributed by atoms with Crippen molar-refractivity contribution in [3.8, 4) is 5.75 Å². The van der Waals surface area contributed by atoms with Gasteiger partial charge in [0.25, 0.3) is 11.8 Å². The van der Waals surface area contributed by atoms with E-state index in [1.807, 2.05) is 55.6 Å². The minimum absolute atomic E-state index is 0.206. The van der Waals surface area contributed by atoms with E-state index < -0.39 is 0 Å². The maximum absolute atomic E-state index is 12.9. The summed E-state index contributed by atoms with van der Waals surface area (Å²) in [6.07, 6.45) is 0. The predicted octanol–water partition coefficient (Wildman–Crippen LogP) is 4.18.